The van der Waals surface area contributed by atoms with E-state index in [1.165, 1.54) is 0 Å². The Morgan fingerprint density at radius 1 is 0.344 bits per heavy atom. The Balaban J connectivity index is 1.07. The number of fused-ring (bicyclic) bond motifs is 3. The van der Waals surface area contributed by atoms with Gasteiger partial charge in [-0.05, 0) is 148 Å². The number of ether oxygens (including phenoxy) is 4. The van der Waals surface area contributed by atoms with Gasteiger partial charge in [0.25, 0.3) is 0 Å². The smallest absolute Gasteiger partial charge is 0.150 e. The molecule has 0 radical (unpaired) electrons. The zero-order valence-electron chi connectivity index (χ0n) is 37.8. The molecular weight excluding hydrogens is 801 g/mol. The molecule has 0 aliphatic heterocycles. The van der Waals surface area contributed by atoms with Gasteiger partial charge in [0.15, 0.2) is 0 Å². The first-order valence-corrected chi connectivity index (χ1v) is 24.1. The van der Waals surface area contributed by atoms with E-state index in [0.717, 1.165) is 160 Å². The average molecular weight is 871 g/mol. The van der Waals surface area contributed by atoms with Gasteiger partial charge in [-0.1, -0.05) is 97.1 Å². The fourth-order valence-corrected chi connectivity index (χ4v) is 10.6. The minimum atomic E-state index is 0.358. The maximum Gasteiger partial charge on any atom is 0.150 e. The van der Waals surface area contributed by atoms with E-state index >= 15 is 0 Å². The predicted molar refractivity (Wildman–Crippen MR) is 253 cm³/mol. The summed E-state index contributed by atoms with van der Waals surface area (Å²) in [5, 5.41) is 0. The number of aldehydes is 4. The third-order valence-electron chi connectivity index (χ3n) is 14.0. The molecule has 8 nitrogen and oxygen atoms in total. The molecule has 3 saturated carbocycles. The molecule has 7 rings (SSSR count). The summed E-state index contributed by atoms with van der Waals surface area (Å²) < 4.78 is 26.3. The highest BCUT2D eigenvalue weighted by Gasteiger charge is 2.53. The van der Waals surface area contributed by atoms with Crippen molar-refractivity contribution in [3.63, 3.8) is 0 Å². The number of benzene rings is 4. The Morgan fingerprint density at radius 2 is 0.578 bits per heavy atom. The van der Waals surface area contributed by atoms with E-state index in [2.05, 4.69) is 0 Å². The van der Waals surface area contributed by atoms with Gasteiger partial charge < -0.3 is 18.9 Å². The van der Waals surface area contributed by atoms with E-state index in [1.807, 2.05) is 97.1 Å². The zero-order valence-corrected chi connectivity index (χ0v) is 37.8. The topological polar surface area (TPSA) is 105 Å². The summed E-state index contributed by atoms with van der Waals surface area (Å²) in [4.78, 5) is 46.3. The largest absolute Gasteiger partial charge is 0.381 e. The Kier molecular flexibility index (Phi) is 21.1. The van der Waals surface area contributed by atoms with Crippen LogP contribution in [0.2, 0.25) is 0 Å². The second-order valence-electron chi connectivity index (χ2n) is 18.0. The second kappa shape index (κ2) is 27.7. The van der Waals surface area contributed by atoms with Crippen LogP contribution in [0.25, 0.3) is 0 Å². The third-order valence-corrected chi connectivity index (χ3v) is 14.0. The fraction of sp³-hybridized carbons (Fsp3) is 0.500. The highest BCUT2D eigenvalue weighted by Crippen LogP contribution is 2.55. The van der Waals surface area contributed by atoms with E-state index in [-0.39, 0.29) is 0 Å². The Morgan fingerprint density at radius 3 is 0.812 bits per heavy atom. The molecule has 8 heteroatoms. The molecule has 0 amide bonds. The molecule has 2 bridgehead atoms. The lowest BCUT2D eigenvalue weighted by atomic mass is 9.50. The molecule has 0 N–H and O–H groups in total. The van der Waals surface area contributed by atoms with Gasteiger partial charge in [-0.25, -0.2) is 0 Å². The van der Waals surface area contributed by atoms with Gasteiger partial charge in [0.1, 0.15) is 25.1 Å². The lowest BCUT2D eigenvalue weighted by Crippen LogP contribution is -2.56. The van der Waals surface area contributed by atoms with Crippen LogP contribution in [-0.2, 0) is 44.6 Å². The van der Waals surface area contributed by atoms with Crippen molar-refractivity contribution < 1.29 is 38.1 Å². The van der Waals surface area contributed by atoms with Crippen molar-refractivity contribution in [2.24, 2.45) is 35.5 Å². The summed E-state index contributed by atoms with van der Waals surface area (Å²) in [7, 11) is 0. The van der Waals surface area contributed by atoms with Crippen LogP contribution >= 0.6 is 0 Å². The van der Waals surface area contributed by atoms with Crippen LogP contribution in [0.3, 0.4) is 0 Å². The van der Waals surface area contributed by atoms with Crippen molar-refractivity contribution in [1.29, 1.82) is 0 Å². The van der Waals surface area contributed by atoms with E-state index in [0.29, 0.717) is 88.4 Å². The van der Waals surface area contributed by atoms with E-state index in [9.17, 15) is 19.2 Å². The summed E-state index contributed by atoms with van der Waals surface area (Å²) in [6.45, 7) is 5.54. The van der Waals surface area contributed by atoms with E-state index < -0.39 is 0 Å². The van der Waals surface area contributed by atoms with Crippen LogP contribution in [0.1, 0.15) is 128 Å². The third kappa shape index (κ3) is 14.5. The standard InChI is InChI=1S/C56H70O8/c57-35-47-25-5-1-17-43(47)21-9-13-31-61-39-53-51-29-30-52(54(53)40-62-32-14-10-22-44-18-2-6-26-48(44)36-58)56(42-64-34-16-12-24-46-20-4-8-28-50(46)38-60)55(51)41-63-33-15-11-23-45-19-3-7-27-49(45)37-59/h1-8,17-20,25-28,35-38,51-56H,9-16,21-24,29-34,39-42H2/t51?,52?,53-,54+,55+,56-. The quantitative estimate of drug-likeness (QED) is 0.0353. The molecule has 3 aliphatic carbocycles. The van der Waals surface area contributed by atoms with Gasteiger partial charge in [-0.15, -0.1) is 0 Å². The molecule has 0 heterocycles. The average Bonchev–Trinajstić information content (AvgIpc) is 3.34. The first kappa shape index (κ1) is 48.8. The maximum atomic E-state index is 11.6. The molecule has 0 saturated heterocycles. The van der Waals surface area contributed by atoms with Gasteiger partial charge in [0.05, 0.1) is 26.4 Å². The minimum Gasteiger partial charge on any atom is -0.381 e. The second-order valence-corrected chi connectivity index (χ2v) is 18.0. The number of carbonyl (C=O) groups excluding carboxylic acids is 4. The van der Waals surface area contributed by atoms with Crippen molar-refractivity contribution >= 4 is 25.1 Å². The molecule has 64 heavy (non-hydrogen) atoms. The lowest BCUT2D eigenvalue weighted by Gasteiger charge is -2.57. The van der Waals surface area contributed by atoms with Gasteiger partial charge in [0, 0.05) is 48.7 Å². The first-order chi connectivity index (χ1) is 31.6. The Labute approximate surface area is 381 Å². The molecule has 0 aromatic heterocycles. The van der Waals surface area contributed by atoms with E-state index in [4.69, 9.17) is 18.9 Å². The Hall–Kier alpha value is -4.60. The molecule has 6 atom stereocenters. The Bertz CT molecular complexity index is 1730. The molecule has 4 aromatic carbocycles. The monoisotopic (exact) mass is 871 g/mol. The van der Waals surface area contributed by atoms with Gasteiger partial charge in [-0.3, -0.25) is 19.2 Å². The normalized spacial score (nSPS) is 20.2. The highest BCUT2D eigenvalue weighted by molar-refractivity contribution is 5.78. The molecule has 4 aromatic rings. The number of hydrogen-bond acceptors (Lipinski definition) is 8. The number of carbonyl (C=O) groups is 4. The molecular formula is C56H70O8. The molecule has 342 valence electrons. The fourth-order valence-electron chi connectivity index (χ4n) is 10.6. The van der Waals surface area contributed by atoms with Crippen molar-refractivity contribution in [1.82, 2.24) is 0 Å². The van der Waals surface area contributed by atoms with Crippen LogP contribution in [-0.4, -0.2) is 78.0 Å². The van der Waals surface area contributed by atoms with Crippen molar-refractivity contribution in [3.8, 4) is 0 Å². The minimum absolute atomic E-state index is 0.358. The van der Waals surface area contributed by atoms with Crippen LogP contribution < -0.4 is 0 Å². The number of unbranched alkanes of at least 4 members (excludes halogenated alkanes) is 4. The van der Waals surface area contributed by atoms with E-state index in [1.54, 1.807) is 0 Å². The summed E-state index contributed by atoms with van der Waals surface area (Å²) in [6, 6.07) is 31.4. The number of hydrogen-bond donors (Lipinski definition) is 0. The van der Waals surface area contributed by atoms with Gasteiger partial charge in [-0.2, -0.15) is 0 Å². The van der Waals surface area contributed by atoms with Gasteiger partial charge >= 0.3 is 0 Å². The van der Waals surface area contributed by atoms with Crippen LogP contribution in [0.15, 0.2) is 97.1 Å². The first-order valence-electron chi connectivity index (χ1n) is 24.1. The summed E-state index contributed by atoms with van der Waals surface area (Å²) >= 11 is 0. The SMILES string of the molecule is O=Cc1ccccc1CCCCOC[C@@H]1C2CCC([C@@H](COCCCCc3ccccc3C=O)[C@H]2COCCCCc2ccccc2C=O)[C@@H]1COCCCCc1ccccc1C=O. The highest BCUT2D eigenvalue weighted by atomic mass is 16.5. The number of aryl methyl sites for hydroxylation is 4. The zero-order chi connectivity index (χ0) is 44.6. The molecule has 2 unspecified atom stereocenters. The number of rotatable bonds is 32. The molecule has 0 spiro atoms. The van der Waals surface area contributed by atoms with Gasteiger partial charge in [0.2, 0.25) is 0 Å². The van der Waals surface area contributed by atoms with Crippen molar-refractivity contribution in [3.05, 3.63) is 142 Å². The summed E-state index contributed by atoms with van der Waals surface area (Å²) in [5.74, 6) is 2.30. The maximum absolute atomic E-state index is 11.6. The predicted octanol–water partition coefficient (Wildman–Crippen LogP) is 10.9. The summed E-state index contributed by atoms with van der Waals surface area (Å²) in [6.07, 6.45) is 17.1. The lowest BCUT2D eigenvalue weighted by molar-refractivity contribution is -0.156. The summed E-state index contributed by atoms with van der Waals surface area (Å²) in [5.41, 5.74) is 7.46. The van der Waals surface area contributed by atoms with Crippen LogP contribution in [0, 0.1) is 35.5 Å². The van der Waals surface area contributed by atoms with Crippen LogP contribution in [0.5, 0.6) is 0 Å². The van der Waals surface area contributed by atoms with Crippen LogP contribution in [0.4, 0.5) is 0 Å². The van der Waals surface area contributed by atoms with Crippen molar-refractivity contribution in [2.75, 3.05) is 52.9 Å². The molecule has 3 aliphatic rings. The van der Waals surface area contributed by atoms with Crippen molar-refractivity contribution in [2.45, 2.75) is 89.9 Å². The molecule has 3 fully saturated rings.